The van der Waals surface area contributed by atoms with Crippen LogP contribution in [0.5, 0.6) is 0 Å². The molecule has 18 heavy (non-hydrogen) atoms. The van der Waals surface area contributed by atoms with Crippen LogP contribution in [0.3, 0.4) is 0 Å². The molecule has 1 saturated heterocycles. The first-order valence-electron chi connectivity index (χ1n) is 6.26. The third-order valence-electron chi connectivity index (χ3n) is 3.18. The van der Waals surface area contributed by atoms with Gasteiger partial charge in [0, 0.05) is 11.7 Å². The minimum atomic E-state index is 0.0537. The number of aryl methyl sites for hydroxylation is 1. The summed E-state index contributed by atoms with van der Waals surface area (Å²) < 4.78 is 0. The van der Waals surface area contributed by atoms with Crippen molar-refractivity contribution in [1.82, 2.24) is 5.32 Å². The van der Waals surface area contributed by atoms with E-state index in [1.165, 1.54) is 11.1 Å². The van der Waals surface area contributed by atoms with E-state index in [4.69, 9.17) is 0 Å². The van der Waals surface area contributed by atoms with Crippen LogP contribution in [-0.4, -0.2) is 23.2 Å². The van der Waals surface area contributed by atoms with Crippen molar-refractivity contribution in [3.05, 3.63) is 29.3 Å². The summed E-state index contributed by atoms with van der Waals surface area (Å²) in [7, 11) is 0. The smallest absolute Gasteiger partial charge is 0.239 e. The van der Waals surface area contributed by atoms with Crippen molar-refractivity contribution in [2.75, 3.05) is 10.7 Å². The Hall–Kier alpha value is -1.00. The second-order valence-corrected chi connectivity index (χ2v) is 6.04. The van der Waals surface area contributed by atoms with Crippen LogP contribution in [0.15, 0.2) is 18.2 Å². The fraction of sp³-hybridized carbons (Fsp3) is 0.500. The lowest BCUT2D eigenvalue weighted by atomic mass is 10.1. The molecule has 1 aliphatic rings. The summed E-state index contributed by atoms with van der Waals surface area (Å²) >= 11 is 1.66. The lowest BCUT2D eigenvalue weighted by Gasteiger charge is -2.28. The van der Waals surface area contributed by atoms with Crippen LogP contribution in [0.2, 0.25) is 0 Å². The van der Waals surface area contributed by atoms with Gasteiger partial charge in [0.25, 0.3) is 0 Å². The zero-order valence-corrected chi connectivity index (χ0v) is 12.2. The van der Waals surface area contributed by atoms with Gasteiger partial charge in [-0.15, -0.1) is 11.8 Å². The number of hydrogen-bond donors (Lipinski definition) is 1. The summed E-state index contributed by atoms with van der Waals surface area (Å²) in [5, 5.41) is 3.44. The molecule has 2 rings (SSSR count). The van der Waals surface area contributed by atoms with E-state index < -0.39 is 0 Å². The molecule has 1 aromatic carbocycles. The van der Waals surface area contributed by atoms with E-state index in [-0.39, 0.29) is 11.4 Å². The van der Waals surface area contributed by atoms with Gasteiger partial charge in [-0.1, -0.05) is 12.1 Å². The van der Waals surface area contributed by atoms with Gasteiger partial charge in [0.05, 0.1) is 5.75 Å². The summed E-state index contributed by atoms with van der Waals surface area (Å²) in [6, 6.07) is 6.49. The highest BCUT2D eigenvalue weighted by Crippen LogP contribution is 2.32. The Morgan fingerprint density at radius 2 is 2.11 bits per heavy atom. The first-order valence-corrected chi connectivity index (χ1v) is 7.31. The Balaban J connectivity index is 2.34. The molecule has 0 aromatic heterocycles. The predicted molar refractivity (Wildman–Crippen MR) is 77.9 cm³/mol. The van der Waals surface area contributed by atoms with Crippen LogP contribution in [0, 0.1) is 13.8 Å². The molecule has 1 aliphatic heterocycles. The summed E-state index contributed by atoms with van der Waals surface area (Å²) in [5.74, 6) is 0.740. The lowest BCUT2D eigenvalue weighted by Crippen LogP contribution is -2.45. The molecule has 3 nitrogen and oxygen atoms in total. The van der Waals surface area contributed by atoms with E-state index >= 15 is 0 Å². The average molecular weight is 264 g/mol. The van der Waals surface area contributed by atoms with Crippen molar-refractivity contribution in [2.24, 2.45) is 0 Å². The zero-order valence-electron chi connectivity index (χ0n) is 11.4. The van der Waals surface area contributed by atoms with Gasteiger partial charge in [-0.25, -0.2) is 0 Å². The molecular weight excluding hydrogens is 244 g/mol. The van der Waals surface area contributed by atoms with Crippen LogP contribution < -0.4 is 10.2 Å². The van der Waals surface area contributed by atoms with Gasteiger partial charge in [0.1, 0.15) is 5.50 Å². The largest absolute Gasteiger partial charge is 0.286 e. The quantitative estimate of drug-likeness (QED) is 0.911. The average Bonchev–Trinajstić information content (AvgIpc) is 2.63. The number of thioether (sulfide) groups is 1. The molecule has 1 atom stereocenters. The molecule has 1 aromatic rings. The molecule has 0 aliphatic carbocycles. The number of amides is 1. The van der Waals surface area contributed by atoms with E-state index in [1.54, 1.807) is 11.8 Å². The topological polar surface area (TPSA) is 32.3 Å². The van der Waals surface area contributed by atoms with Crippen molar-refractivity contribution < 1.29 is 4.79 Å². The molecule has 1 N–H and O–H groups in total. The summed E-state index contributed by atoms with van der Waals surface area (Å²) in [6.45, 7) is 8.36. The van der Waals surface area contributed by atoms with Crippen molar-refractivity contribution in [3.8, 4) is 0 Å². The number of carbonyl (C=O) groups is 1. The maximum absolute atomic E-state index is 12.1. The normalized spacial score (nSPS) is 19.9. The molecule has 0 radical (unpaired) electrons. The van der Waals surface area contributed by atoms with Crippen molar-refractivity contribution in [2.45, 2.75) is 39.2 Å². The molecular formula is C14H20N2OS. The molecule has 1 heterocycles. The van der Waals surface area contributed by atoms with Gasteiger partial charge >= 0.3 is 0 Å². The van der Waals surface area contributed by atoms with Crippen LogP contribution >= 0.6 is 11.8 Å². The Labute approximate surface area is 113 Å². The van der Waals surface area contributed by atoms with Gasteiger partial charge in [-0.3, -0.25) is 15.0 Å². The third-order valence-corrected chi connectivity index (χ3v) is 4.26. The molecule has 1 unspecified atom stereocenters. The standard InChI is InChI=1S/C14H20N2OS/c1-9(2)15-14-16(13(17)8-18-14)12-7-5-6-10(3)11(12)4/h5-7,9,14-15H,8H2,1-4H3. The number of nitrogens with zero attached hydrogens (tertiary/aromatic N) is 1. The Bertz CT molecular complexity index is 459. The Kier molecular flexibility index (Phi) is 3.97. The molecule has 0 spiro atoms. The Morgan fingerprint density at radius 1 is 1.39 bits per heavy atom. The summed E-state index contributed by atoms with van der Waals surface area (Å²) in [6.07, 6.45) is 0. The predicted octanol–water partition coefficient (Wildman–Crippen LogP) is 2.66. The van der Waals surface area contributed by atoms with Gasteiger partial charge in [-0.05, 0) is 44.9 Å². The van der Waals surface area contributed by atoms with Crippen molar-refractivity contribution in [3.63, 3.8) is 0 Å². The molecule has 0 saturated carbocycles. The van der Waals surface area contributed by atoms with Crippen LogP contribution in [-0.2, 0) is 4.79 Å². The number of anilines is 1. The first kappa shape index (κ1) is 13.4. The van der Waals surface area contributed by atoms with Gasteiger partial charge < -0.3 is 0 Å². The highest BCUT2D eigenvalue weighted by molar-refractivity contribution is 8.01. The minimum absolute atomic E-state index is 0.0537. The second-order valence-electron chi connectivity index (χ2n) is 4.97. The fourth-order valence-electron chi connectivity index (χ4n) is 2.09. The van der Waals surface area contributed by atoms with E-state index in [1.807, 2.05) is 17.0 Å². The molecule has 98 valence electrons. The zero-order chi connectivity index (χ0) is 13.3. The third kappa shape index (κ3) is 2.54. The number of benzene rings is 1. The summed E-state index contributed by atoms with van der Waals surface area (Å²) in [4.78, 5) is 14.0. The summed E-state index contributed by atoms with van der Waals surface area (Å²) in [5.41, 5.74) is 3.49. The van der Waals surface area contributed by atoms with Crippen LogP contribution in [0.1, 0.15) is 25.0 Å². The Morgan fingerprint density at radius 3 is 2.78 bits per heavy atom. The first-order chi connectivity index (χ1) is 8.50. The molecule has 1 fully saturated rings. The van der Waals surface area contributed by atoms with Crippen LogP contribution in [0.25, 0.3) is 0 Å². The number of nitrogens with one attached hydrogen (secondary N) is 1. The fourth-order valence-corrected chi connectivity index (χ4v) is 3.28. The van der Waals surface area contributed by atoms with E-state index in [9.17, 15) is 4.79 Å². The molecule has 4 heteroatoms. The van der Waals surface area contributed by atoms with Gasteiger partial charge in [-0.2, -0.15) is 0 Å². The van der Waals surface area contributed by atoms with Crippen molar-refractivity contribution >= 4 is 23.4 Å². The molecule has 0 bridgehead atoms. The monoisotopic (exact) mass is 264 g/mol. The maximum atomic E-state index is 12.1. The number of hydrogen-bond acceptors (Lipinski definition) is 3. The van der Waals surface area contributed by atoms with E-state index in [2.05, 4.69) is 39.1 Å². The van der Waals surface area contributed by atoms with Crippen molar-refractivity contribution in [1.29, 1.82) is 0 Å². The highest BCUT2D eigenvalue weighted by Gasteiger charge is 2.33. The molecule has 1 amide bonds. The SMILES string of the molecule is Cc1cccc(N2C(=O)CSC2NC(C)C)c1C. The minimum Gasteiger partial charge on any atom is -0.286 e. The van der Waals surface area contributed by atoms with E-state index in [0.29, 0.717) is 11.8 Å². The number of rotatable bonds is 3. The van der Waals surface area contributed by atoms with Gasteiger partial charge in [0.15, 0.2) is 0 Å². The van der Waals surface area contributed by atoms with Crippen LogP contribution in [0.4, 0.5) is 5.69 Å². The highest BCUT2D eigenvalue weighted by atomic mass is 32.2. The second kappa shape index (κ2) is 5.33. The van der Waals surface area contributed by atoms with E-state index in [0.717, 1.165) is 5.69 Å². The van der Waals surface area contributed by atoms with Gasteiger partial charge in [0.2, 0.25) is 5.91 Å². The maximum Gasteiger partial charge on any atom is 0.239 e. The lowest BCUT2D eigenvalue weighted by molar-refractivity contribution is -0.115. The number of carbonyl (C=O) groups excluding carboxylic acids is 1.